The summed E-state index contributed by atoms with van der Waals surface area (Å²) >= 11 is 0. The van der Waals surface area contributed by atoms with Crippen LogP contribution in [0.25, 0.3) is 0 Å². The number of carbonyl (C=O) groups excluding carboxylic acids is 3. The SMILES string of the molecule is CCC/C=C\C(CCCCCCC(=O)NCC(=O)NC(CO)C(=O)O)OC(=O)CCCCCCC/C=C\CCCCCC. The Kier molecular flexibility index (Phi) is 27.6. The van der Waals surface area contributed by atoms with Crippen molar-refractivity contribution in [2.45, 2.75) is 154 Å². The van der Waals surface area contributed by atoms with Crippen molar-refractivity contribution in [3.63, 3.8) is 0 Å². The molecule has 0 aliphatic heterocycles. The highest BCUT2D eigenvalue weighted by Gasteiger charge is 2.18. The van der Waals surface area contributed by atoms with Gasteiger partial charge in [-0.3, -0.25) is 14.4 Å². The van der Waals surface area contributed by atoms with Crippen LogP contribution in [0.5, 0.6) is 0 Å². The largest absolute Gasteiger partial charge is 0.480 e. The van der Waals surface area contributed by atoms with E-state index in [9.17, 15) is 19.2 Å². The summed E-state index contributed by atoms with van der Waals surface area (Å²) < 4.78 is 5.76. The summed E-state index contributed by atoms with van der Waals surface area (Å²) in [6.45, 7) is 3.29. The molecular formula is C34H60N2O7. The Morgan fingerprint density at radius 3 is 1.93 bits per heavy atom. The van der Waals surface area contributed by atoms with Gasteiger partial charge in [-0.15, -0.1) is 0 Å². The van der Waals surface area contributed by atoms with Gasteiger partial charge in [-0.05, 0) is 63.9 Å². The molecule has 9 heteroatoms. The first-order valence-corrected chi connectivity index (χ1v) is 16.7. The Morgan fingerprint density at radius 1 is 0.698 bits per heavy atom. The standard InChI is InChI=1S/C34H60N2O7/c1-3-5-7-8-9-10-11-12-13-14-15-16-22-26-33(40)43-29(23-19-6-4-2)24-20-17-18-21-25-31(38)35-27-32(39)36-30(28-37)34(41)42/h10-11,19,23,29-30,37H,3-9,12-18,20-22,24-28H2,1-2H3,(H,35,38)(H,36,39)(H,41,42)/b11-10-,23-19-. The molecule has 0 heterocycles. The van der Waals surface area contributed by atoms with Gasteiger partial charge in [0, 0.05) is 12.8 Å². The molecule has 0 radical (unpaired) electrons. The molecular weight excluding hydrogens is 548 g/mol. The summed E-state index contributed by atoms with van der Waals surface area (Å²) in [5, 5.41) is 22.4. The molecule has 43 heavy (non-hydrogen) atoms. The first-order valence-electron chi connectivity index (χ1n) is 16.7. The van der Waals surface area contributed by atoms with Gasteiger partial charge >= 0.3 is 11.9 Å². The summed E-state index contributed by atoms with van der Waals surface area (Å²) in [5.74, 6) is -2.43. The van der Waals surface area contributed by atoms with Crippen molar-refractivity contribution >= 4 is 23.8 Å². The predicted octanol–water partition coefficient (Wildman–Crippen LogP) is 6.53. The first-order chi connectivity index (χ1) is 20.8. The number of carboxylic acid groups (broad SMARTS) is 1. The van der Waals surface area contributed by atoms with Gasteiger partial charge in [-0.2, -0.15) is 0 Å². The molecule has 0 aromatic rings. The molecule has 2 atom stereocenters. The molecule has 4 N–H and O–H groups in total. The van der Waals surface area contributed by atoms with Crippen LogP contribution in [-0.4, -0.2) is 59.3 Å². The molecule has 0 spiro atoms. The maximum absolute atomic E-state index is 12.4. The number of aliphatic carboxylic acids is 1. The van der Waals surface area contributed by atoms with Crippen LogP contribution in [0.1, 0.15) is 142 Å². The van der Waals surface area contributed by atoms with Gasteiger partial charge in [-0.25, -0.2) is 4.79 Å². The molecule has 0 aliphatic rings. The predicted molar refractivity (Wildman–Crippen MR) is 172 cm³/mol. The molecule has 248 valence electrons. The maximum Gasteiger partial charge on any atom is 0.328 e. The van der Waals surface area contributed by atoms with Gasteiger partial charge < -0.3 is 25.6 Å². The number of unbranched alkanes of at least 4 members (excludes halogenated alkanes) is 13. The maximum atomic E-state index is 12.4. The van der Waals surface area contributed by atoms with Crippen molar-refractivity contribution in [3.05, 3.63) is 24.3 Å². The molecule has 2 unspecified atom stereocenters. The van der Waals surface area contributed by atoms with E-state index in [1.54, 1.807) is 0 Å². The number of amides is 2. The normalized spacial score (nSPS) is 12.8. The van der Waals surface area contributed by atoms with E-state index in [0.29, 0.717) is 12.8 Å². The lowest BCUT2D eigenvalue weighted by molar-refractivity contribution is -0.147. The Hall–Kier alpha value is -2.68. The van der Waals surface area contributed by atoms with Crippen LogP contribution in [-0.2, 0) is 23.9 Å². The van der Waals surface area contributed by atoms with Crippen LogP contribution in [0.4, 0.5) is 0 Å². The van der Waals surface area contributed by atoms with Gasteiger partial charge in [0.1, 0.15) is 12.1 Å². The fourth-order valence-corrected chi connectivity index (χ4v) is 4.51. The third kappa shape index (κ3) is 26.7. The van der Waals surface area contributed by atoms with E-state index in [2.05, 4.69) is 42.7 Å². The molecule has 0 aliphatic carbocycles. The number of hydrogen-bond acceptors (Lipinski definition) is 6. The second-order valence-corrected chi connectivity index (χ2v) is 11.2. The number of carbonyl (C=O) groups is 4. The minimum Gasteiger partial charge on any atom is -0.480 e. The monoisotopic (exact) mass is 608 g/mol. The van der Waals surface area contributed by atoms with Gasteiger partial charge in [0.25, 0.3) is 0 Å². The minimum absolute atomic E-state index is 0.133. The van der Waals surface area contributed by atoms with Gasteiger partial charge in [-0.1, -0.05) is 89.9 Å². The van der Waals surface area contributed by atoms with Crippen molar-refractivity contribution < 1.29 is 34.1 Å². The summed E-state index contributed by atoms with van der Waals surface area (Å²) in [5.41, 5.74) is 0. The average molecular weight is 609 g/mol. The highest BCUT2D eigenvalue weighted by molar-refractivity contribution is 5.87. The van der Waals surface area contributed by atoms with Gasteiger partial charge in [0.05, 0.1) is 13.2 Å². The van der Waals surface area contributed by atoms with Crippen molar-refractivity contribution in [1.82, 2.24) is 10.6 Å². The summed E-state index contributed by atoms with van der Waals surface area (Å²) in [6.07, 6.45) is 28.3. The number of hydrogen-bond donors (Lipinski definition) is 4. The van der Waals surface area contributed by atoms with Crippen molar-refractivity contribution in [2.24, 2.45) is 0 Å². The molecule has 0 saturated carbocycles. The highest BCUT2D eigenvalue weighted by Crippen LogP contribution is 2.14. The van der Waals surface area contributed by atoms with Crippen LogP contribution < -0.4 is 10.6 Å². The fraction of sp³-hybridized carbons (Fsp3) is 0.765. The van der Waals surface area contributed by atoms with Gasteiger partial charge in [0.15, 0.2) is 0 Å². The first kappa shape index (κ1) is 40.3. The van der Waals surface area contributed by atoms with E-state index in [1.807, 2.05) is 6.08 Å². The number of aliphatic hydroxyl groups is 1. The molecule has 9 nitrogen and oxygen atoms in total. The third-order valence-electron chi connectivity index (χ3n) is 7.14. The molecule has 0 fully saturated rings. The van der Waals surface area contributed by atoms with E-state index in [-0.39, 0.29) is 30.9 Å². The van der Waals surface area contributed by atoms with E-state index in [4.69, 9.17) is 14.9 Å². The molecule has 0 aromatic heterocycles. The number of rotatable bonds is 29. The summed E-state index contributed by atoms with van der Waals surface area (Å²) in [6, 6.07) is -1.39. The number of ether oxygens (including phenoxy) is 1. The van der Waals surface area contributed by atoms with Crippen molar-refractivity contribution in [1.29, 1.82) is 0 Å². The molecule has 0 bridgehead atoms. The zero-order valence-electron chi connectivity index (χ0n) is 27.0. The fourth-order valence-electron chi connectivity index (χ4n) is 4.51. The summed E-state index contributed by atoms with van der Waals surface area (Å²) in [7, 11) is 0. The topological polar surface area (TPSA) is 142 Å². The lowest BCUT2D eigenvalue weighted by atomic mass is 10.1. The molecule has 0 saturated heterocycles. The zero-order chi connectivity index (χ0) is 32.0. The van der Waals surface area contributed by atoms with Gasteiger partial charge in [0.2, 0.25) is 11.8 Å². The number of carboxylic acids is 1. The number of nitrogens with one attached hydrogen (secondary N) is 2. The second-order valence-electron chi connectivity index (χ2n) is 11.2. The van der Waals surface area contributed by atoms with Crippen molar-refractivity contribution in [3.8, 4) is 0 Å². The van der Waals surface area contributed by atoms with E-state index >= 15 is 0 Å². The summed E-state index contributed by atoms with van der Waals surface area (Å²) in [4.78, 5) is 46.9. The van der Waals surface area contributed by atoms with Crippen LogP contribution in [0.15, 0.2) is 24.3 Å². The lowest BCUT2D eigenvalue weighted by Gasteiger charge is -2.15. The number of esters is 1. The Balaban J connectivity index is 4.04. The molecule has 2 amide bonds. The van der Waals surface area contributed by atoms with Crippen LogP contribution in [0.3, 0.4) is 0 Å². The Bertz CT molecular complexity index is 798. The van der Waals surface area contributed by atoms with E-state index in [1.165, 1.54) is 44.9 Å². The van der Waals surface area contributed by atoms with E-state index < -0.39 is 24.5 Å². The number of aliphatic hydroxyl groups excluding tert-OH is 1. The van der Waals surface area contributed by atoms with Crippen LogP contribution >= 0.6 is 0 Å². The zero-order valence-corrected chi connectivity index (χ0v) is 27.0. The third-order valence-corrected chi connectivity index (χ3v) is 7.14. The molecule has 0 aromatic carbocycles. The lowest BCUT2D eigenvalue weighted by Crippen LogP contribution is -2.47. The van der Waals surface area contributed by atoms with Crippen LogP contribution in [0.2, 0.25) is 0 Å². The second kappa shape index (κ2) is 29.4. The average Bonchev–Trinajstić information content (AvgIpc) is 2.98. The highest BCUT2D eigenvalue weighted by atomic mass is 16.5. The van der Waals surface area contributed by atoms with Crippen molar-refractivity contribution in [2.75, 3.05) is 13.2 Å². The Morgan fingerprint density at radius 2 is 1.30 bits per heavy atom. The minimum atomic E-state index is -1.39. The number of allylic oxidation sites excluding steroid dienone is 3. The quantitative estimate of drug-likeness (QED) is 0.0430. The smallest absolute Gasteiger partial charge is 0.328 e. The van der Waals surface area contributed by atoms with Crippen LogP contribution in [0, 0.1) is 0 Å². The Labute approximate surface area is 260 Å². The molecule has 0 rings (SSSR count). The van der Waals surface area contributed by atoms with E-state index in [0.717, 1.165) is 64.2 Å².